The van der Waals surface area contributed by atoms with Crippen LogP contribution in [-0.2, 0) is 10.2 Å². The number of rotatable bonds is 6. The van der Waals surface area contributed by atoms with Crippen LogP contribution in [0, 0.1) is 5.41 Å². The quantitative estimate of drug-likeness (QED) is 0.564. The lowest BCUT2D eigenvalue weighted by atomic mass is 9.81. The number of thioether (sulfide) groups is 1. The molecule has 0 spiro atoms. The summed E-state index contributed by atoms with van der Waals surface area (Å²) in [6, 6.07) is 21.8. The lowest BCUT2D eigenvalue weighted by Crippen LogP contribution is -2.22. The first-order valence-electron chi connectivity index (χ1n) is 7.41. The van der Waals surface area contributed by atoms with Crippen LogP contribution in [0.2, 0.25) is 0 Å². The molecular formula is C19H22OS. The summed E-state index contributed by atoms with van der Waals surface area (Å²) in [5.74, 6) is 0.773. The third kappa shape index (κ3) is 2.51. The van der Waals surface area contributed by atoms with E-state index in [2.05, 4.69) is 73.8 Å². The van der Waals surface area contributed by atoms with Gasteiger partial charge in [-0.3, -0.25) is 0 Å². The lowest BCUT2D eigenvalue weighted by molar-refractivity contribution is 0.128. The van der Waals surface area contributed by atoms with Crippen LogP contribution in [0.25, 0.3) is 0 Å². The highest BCUT2D eigenvalue weighted by molar-refractivity contribution is 7.98. The fourth-order valence-corrected chi connectivity index (χ4v) is 3.83. The maximum atomic E-state index is 5.87. The number of hydrogen-bond donors (Lipinski definition) is 0. The molecule has 1 aliphatic carbocycles. The van der Waals surface area contributed by atoms with Gasteiger partial charge in [0.2, 0.25) is 0 Å². The van der Waals surface area contributed by atoms with Crippen LogP contribution < -0.4 is 0 Å². The monoisotopic (exact) mass is 298 g/mol. The van der Waals surface area contributed by atoms with E-state index in [1.807, 2.05) is 0 Å². The van der Waals surface area contributed by atoms with Gasteiger partial charge in [-0.15, -0.1) is 11.8 Å². The third-order valence-electron chi connectivity index (χ3n) is 4.72. The molecule has 3 rings (SSSR count). The summed E-state index contributed by atoms with van der Waals surface area (Å²) in [5, 5.41) is 0. The Balaban J connectivity index is 1.96. The number of hydrogen-bond acceptors (Lipinski definition) is 2. The molecule has 2 aromatic rings. The summed E-state index contributed by atoms with van der Waals surface area (Å²) < 4.78 is 5.87. The molecule has 0 aliphatic heterocycles. The molecule has 2 heteroatoms. The SMILES string of the molecule is CSCOCC1(C)CC1(c1ccccc1)c1ccccc1. The van der Waals surface area contributed by atoms with Gasteiger partial charge in [-0.1, -0.05) is 67.6 Å². The Bertz CT molecular complexity index is 542. The molecule has 2 aromatic carbocycles. The van der Waals surface area contributed by atoms with Crippen molar-refractivity contribution in [3.8, 4) is 0 Å². The molecular weight excluding hydrogens is 276 g/mol. The van der Waals surface area contributed by atoms with Gasteiger partial charge in [0.25, 0.3) is 0 Å². The average molecular weight is 298 g/mol. The zero-order valence-corrected chi connectivity index (χ0v) is 13.5. The van der Waals surface area contributed by atoms with E-state index < -0.39 is 0 Å². The van der Waals surface area contributed by atoms with Gasteiger partial charge in [0.1, 0.15) is 0 Å². The van der Waals surface area contributed by atoms with Crippen molar-refractivity contribution in [2.24, 2.45) is 5.41 Å². The highest BCUT2D eigenvalue weighted by atomic mass is 32.2. The standard InChI is InChI=1S/C19H22OS/c1-18(14-20-15-21-2)13-19(18,16-9-5-3-6-10-16)17-11-7-4-8-12-17/h3-12H,13-15H2,1-2H3. The number of ether oxygens (including phenoxy) is 1. The van der Waals surface area contributed by atoms with Crippen molar-refractivity contribution in [3.63, 3.8) is 0 Å². The van der Waals surface area contributed by atoms with Gasteiger partial charge in [-0.05, 0) is 23.8 Å². The summed E-state index contributed by atoms with van der Waals surface area (Å²) >= 11 is 1.74. The Morgan fingerprint density at radius 3 is 1.95 bits per heavy atom. The molecule has 0 saturated heterocycles. The number of benzene rings is 2. The molecule has 1 fully saturated rings. The molecule has 0 N–H and O–H groups in total. The van der Waals surface area contributed by atoms with Crippen molar-refractivity contribution in [2.75, 3.05) is 18.8 Å². The Kier molecular flexibility index (Phi) is 4.10. The molecule has 0 radical (unpaired) electrons. The van der Waals surface area contributed by atoms with Crippen molar-refractivity contribution in [2.45, 2.75) is 18.8 Å². The van der Waals surface area contributed by atoms with E-state index >= 15 is 0 Å². The van der Waals surface area contributed by atoms with Gasteiger partial charge in [-0.25, -0.2) is 0 Å². The van der Waals surface area contributed by atoms with Gasteiger partial charge in [0.15, 0.2) is 0 Å². The molecule has 1 aliphatic rings. The third-order valence-corrected chi connectivity index (χ3v) is 5.12. The van der Waals surface area contributed by atoms with E-state index in [0.29, 0.717) is 0 Å². The molecule has 21 heavy (non-hydrogen) atoms. The minimum Gasteiger partial charge on any atom is -0.370 e. The molecule has 1 nitrogen and oxygen atoms in total. The van der Waals surface area contributed by atoms with Crippen molar-refractivity contribution in [3.05, 3.63) is 71.8 Å². The molecule has 1 saturated carbocycles. The van der Waals surface area contributed by atoms with Gasteiger partial charge in [-0.2, -0.15) is 0 Å². The summed E-state index contributed by atoms with van der Waals surface area (Å²) in [6.07, 6.45) is 3.24. The fourth-order valence-electron chi connectivity index (χ4n) is 3.58. The predicted molar refractivity (Wildman–Crippen MR) is 90.7 cm³/mol. The lowest BCUT2D eigenvalue weighted by Gasteiger charge is -2.24. The average Bonchev–Trinajstić information content (AvgIpc) is 3.17. The van der Waals surface area contributed by atoms with Gasteiger partial charge in [0.05, 0.1) is 12.5 Å². The van der Waals surface area contributed by atoms with E-state index in [1.165, 1.54) is 11.1 Å². The van der Waals surface area contributed by atoms with Crippen molar-refractivity contribution in [1.29, 1.82) is 0 Å². The first kappa shape index (κ1) is 14.7. The van der Waals surface area contributed by atoms with Crippen LogP contribution in [0.3, 0.4) is 0 Å². The molecule has 0 amide bonds. The van der Waals surface area contributed by atoms with Crippen molar-refractivity contribution >= 4 is 11.8 Å². The van der Waals surface area contributed by atoms with Crippen molar-refractivity contribution < 1.29 is 4.74 Å². The second-order valence-electron chi connectivity index (χ2n) is 6.13. The maximum Gasteiger partial charge on any atom is 0.0918 e. The van der Waals surface area contributed by atoms with Gasteiger partial charge < -0.3 is 4.74 Å². The van der Waals surface area contributed by atoms with E-state index in [4.69, 9.17) is 4.74 Å². The van der Waals surface area contributed by atoms with Gasteiger partial charge >= 0.3 is 0 Å². The summed E-state index contributed by atoms with van der Waals surface area (Å²) in [7, 11) is 0. The Hall–Kier alpha value is -1.25. The Labute approximate surface area is 131 Å². The minimum absolute atomic E-state index is 0.105. The first-order chi connectivity index (χ1) is 10.2. The van der Waals surface area contributed by atoms with Crippen LogP contribution in [0.1, 0.15) is 24.5 Å². The summed E-state index contributed by atoms with van der Waals surface area (Å²) in [4.78, 5) is 0. The Morgan fingerprint density at radius 1 is 0.952 bits per heavy atom. The zero-order chi connectivity index (χ0) is 14.8. The highest BCUT2D eigenvalue weighted by Crippen LogP contribution is 2.68. The van der Waals surface area contributed by atoms with E-state index in [1.54, 1.807) is 11.8 Å². The van der Waals surface area contributed by atoms with Crippen LogP contribution in [0.5, 0.6) is 0 Å². The molecule has 110 valence electrons. The molecule has 1 atom stereocenters. The molecule has 0 bridgehead atoms. The first-order valence-corrected chi connectivity index (χ1v) is 8.80. The smallest absolute Gasteiger partial charge is 0.0918 e. The largest absolute Gasteiger partial charge is 0.370 e. The topological polar surface area (TPSA) is 9.23 Å². The van der Waals surface area contributed by atoms with Gasteiger partial charge in [0, 0.05) is 10.8 Å². The normalized spacial score (nSPS) is 23.0. The van der Waals surface area contributed by atoms with Crippen LogP contribution in [0.4, 0.5) is 0 Å². The highest BCUT2D eigenvalue weighted by Gasteiger charge is 2.65. The predicted octanol–water partition coefficient (Wildman–Crippen LogP) is 4.72. The second-order valence-corrected chi connectivity index (χ2v) is 6.94. The Morgan fingerprint density at radius 2 is 1.48 bits per heavy atom. The summed E-state index contributed by atoms with van der Waals surface area (Å²) in [5.41, 5.74) is 3.11. The van der Waals surface area contributed by atoms with E-state index in [0.717, 1.165) is 19.0 Å². The van der Waals surface area contributed by atoms with Crippen molar-refractivity contribution in [1.82, 2.24) is 0 Å². The summed E-state index contributed by atoms with van der Waals surface area (Å²) in [6.45, 7) is 3.17. The maximum absolute atomic E-state index is 5.87. The molecule has 0 heterocycles. The van der Waals surface area contributed by atoms with Crippen LogP contribution in [0.15, 0.2) is 60.7 Å². The zero-order valence-electron chi connectivity index (χ0n) is 12.7. The van der Waals surface area contributed by atoms with E-state index in [-0.39, 0.29) is 10.8 Å². The van der Waals surface area contributed by atoms with Crippen LogP contribution >= 0.6 is 11.8 Å². The molecule has 1 unspecified atom stereocenters. The minimum atomic E-state index is 0.105. The van der Waals surface area contributed by atoms with Crippen LogP contribution in [-0.4, -0.2) is 18.8 Å². The fraction of sp³-hybridized carbons (Fsp3) is 0.368. The second kappa shape index (κ2) is 5.86. The molecule has 0 aromatic heterocycles. The van der Waals surface area contributed by atoms with E-state index in [9.17, 15) is 0 Å².